The monoisotopic (exact) mass is 442 g/mol. The number of ether oxygens (including phenoxy) is 1. The van der Waals surface area contributed by atoms with Gasteiger partial charge >= 0.3 is 5.97 Å². The van der Waals surface area contributed by atoms with Crippen LogP contribution in [0, 0.1) is 19.7 Å². The van der Waals surface area contributed by atoms with E-state index < -0.39 is 17.7 Å². The van der Waals surface area contributed by atoms with Gasteiger partial charge in [-0.05, 0) is 43.7 Å². The number of esters is 1. The first-order valence-corrected chi connectivity index (χ1v) is 9.85. The van der Waals surface area contributed by atoms with Crippen molar-refractivity contribution in [3.63, 3.8) is 0 Å². The lowest BCUT2D eigenvalue weighted by Gasteiger charge is -2.07. The first-order chi connectivity index (χ1) is 15.2. The molecule has 2 aromatic rings. The molecule has 3 amide bonds. The molecule has 9 nitrogen and oxygen atoms in total. The molecule has 2 heterocycles. The smallest absolute Gasteiger partial charge is 0.325 e. The van der Waals surface area contributed by atoms with E-state index in [1.807, 2.05) is 0 Å². The molecule has 0 atom stereocenters. The Morgan fingerprint density at radius 1 is 1.19 bits per heavy atom. The van der Waals surface area contributed by atoms with E-state index in [-0.39, 0.29) is 36.9 Å². The largest absolute Gasteiger partial charge is 0.468 e. The number of carbonyl (C=O) groups excluding carboxylic acids is 4. The van der Waals surface area contributed by atoms with Crippen molar-refractivity contribution in [2.24, 2.45) is 0 Å². The number of hydrogen-bond donors (Lipinski definition) is 4. The number of nitrogens with one attached hydrogen (secondary N) is 4. The van der Waals surface area contributed by atoms with Crippen molar-refractivity contribution in [3.8, 4) is 0 Å². The highest BCUT2D eigenvalue weighted by Crippen LogP contribution is 2.34. The third-order valence-electron chi connectivity index (χ3n) is 5.05. The van der Waals surface area contributed by atoms with Crippen LogP contribution in [0.15, 0.2) is 18.2 Å². The van der Waals surface area contributed by atoms with E-state index in [4.69, 9.17) is 0 Å². The van der Waals surface area contributed by atoms with Crippen molar-refractivity contribution in [1.29, 1.82) is 0 Å². The molecule has 0 fully saturated rings. The Morgan fingerprint density at radius 3 is 2.66 bits per heavy atom. The Bertz CT molecular complexity index is 1140. The van der Waals surface area contributed by atoms with E-state index in [1.54, 1.807) is 19.9 Å². The Balaban J connectivity index is 1.70. The van der Waals surface area contributed by atoms with Gasteiger partial charge < -0.3 is 25.7 Å². The number of aryl methyl sites for hydroxylation is 1. The third kappa shape index (κ3) is 4.85. The zero-order valence-corrected chi connectivity index (χ0v) is 17.8. The number of carbonyl (C=O) groups is 4. The van der Waals surface area contributed by atoms with E-state index in [0.29, 0.717) is 33.8 Å². The summed E-state index contributed by atoms with van der Waals surface area (Å²) in [5, 5.41) is 7.74. The predicted octanol–water partition coefficient (Wildman–Crippen LogP) is 1.67. The van der Waals surface area contributed by atoms with Crippen molar-refractivity contribution < 1.29 is 28.3 Å². The summed E-state index contributed by atoms with van der Waals surface area (Å²) in [6.07, 6.45) is 1.57. The fourth-order valence-corrected chi connectivity index (χ4v) is 3.42. The standard InChI is InChI=1S/C22H23FN4O5/c1-11-17(9-15-14-8-13(23)4-5-16(14)27-21(15)30)26-12(2)20(11)22(31)24-7-6-18(28)25-10-19(29)32-3/h4-5,8-9,26H,6-7,10H2,1-3H3,(H,24,31)(H,25,28)(H,27,30)/b15-9-. The van der Waals surface area contributed by atoms with Crippen LogP contribution >= 0.6 is 0 Å². The number of anilines is 1. The molecule has 0 saturated heterocycles. The lowest BCUT2D eigenvalue weighted by Crippen LogP contribution is -2.34. The van der Waals surface area contributed by atoms with Crippen molar-refractivity contribution in [2.45, 2.75) is 20.3 Å². The molecule has 0 radical (unpaired) electrons. The molecular formula is C22H23FN4O5. The fraction of sp³-hybridized carbons (Fsp3) is 0.273. The highest BCUT2D eigenvalue weighted by molar-refractivity contribution is 6.34. The molecule has 0 saturated carbocycles. The van der Waals surface area contributed by atoms with Gasteiger partial charge in [0, 0.05) is 35.6 Å². The van der Waals surface area contributed by atoms with Crippen molar-refractivity contribution in [2.75, 3.05) is 25.5 Å². The average molecular weight is 442 g/mol. The second kappa shape index (κ2) is 9.46. The van der Waals surface area contributed by atoms with Crippen LogP contribution in [0.2, 0.25) is 0 Å². The van der Waals surface area contributed by atoms with Crippen LogP contribution in [0.25, 0.3) is 11.6 Å². The van der Waals surface area contributed by atoms with E-state index in [0.717, 1.165) is 0 Å². The van der Waals surface area contributed by atoms with Gasteiger partial charge in [-0.3, -0.25) is 19.2 Å². The molecule has 0 unspecified atom stereocenters. The van der Waals surface area contributed by atoms with Gasteiger partial charge in [0.2, 0.25) is 5.91 Å². The van der Waals surface area contributed by atoms with E-state index in [9.17, 15) is 23.6 Å². The van der Waals surface area contributed by atoms with Crippen LogP contribution in [0.1, 0.15) is 39.3 Å². The number of H-pyrrole nitrogens is 1. The topological polar surface area (TPSA) is 129 Å². The highest BCUT2D eigenvalue weighted by Gasteiger charge is 2.26. The maximum absolute atomic E-state index is 13.7. The maximum atomic E-state index is 13.7. The van der Waals surface area contributed by atoms with Crippen LogP contribution in [-0.4, -0.2) is 48.9 Å². The molecule has 1 aliphatic heterocycles. The van der Waals surface area contributed by atoms with Gasteiger partial charge in [0.15, 0.2) is 0 Å². The number of aromatic amines is 1. The molecule has 1 aromatic heterocycles. The van der Waals surface area contributed by atoms with E-state index in [1.165, 1.54) is 25.3 Å². The van der Waals surface area contributed by atoms with Gasteiger partial charge in [-0.2, -0.15) is 0 Å². The Labute approximate surface area is 183 Å². The molecule has 168 valence electrons. The van der Waals surface area contributed by atoms with Crippen LogP contribution in [-0.2, 0) is 19.1 Å². The summed E-state index contributed by atoms with van der Waals surface area (Å²) in [6.45, 7) is 3.28. The molecule has 1 aromatic carbocycles. The second-order valence-corrected chi connectivity index (χ2v) is 7.22. The zero-order chi connectivity index (χ0) is 23.4. The SMILES string of the molecule is COC(=O)CNC(=O)CCNC(=O)c1c(C)[nH]c(/C=C2\C(=O)Nc3ccc(F)cc32)c1C. The molecule has 32 heavy (non-hydrogen) atoms. The van der Waals surface area contributed by atoms with Crippen molar-refractivity contribution in [3.05, 3.63) is 52.1 Å². The number of hydrogen-bond acceptors (Lipinski definition) is 5. The molecule has 10 heteroatoms. The molecular weight excluding hydrogens is 419 g/mol. The Hall–Kier alpha value is -3.95. The molecule has 1 aliphatic rings. The third-order valence-corrected chi connectivity index (χ3v) is 5.05. The number of halogens is 1. The first kappa shape index (κ1) is 22.7. The summed E-state index contributed by atoms with van der Waals surface area (Å²) in [4.78, 5) is 50.8. The number of fused-ring (bicyclic) bond motifs is 1. The maximum Gasteiger partial charge on any atom is 0.325 e. The minimum Gasteiger partial charge on any atom is -0.468 e. The minimum absolute atomic E-state index is 0.00925. The normalized spacial score (nSPS) is 13.5. The molecule has 3 rings (SSSR count). The summed E-state index contributed by atoms with van der Waals surface area (Å²) < 4.78 is 18.1. The molecule has 4 N–H and O–H groups in total. The summed E-state index contributed by atoms with van der Waals surface area (Å²) in [7, 11) is 1.22. The van der Waals surface area contributed by atoms with E-state index in [2.05, 4.69) is 25.7 Å². The van der Waals surface area contributed by atoms with Gasteiger partial charge in [0.25, 0.3) is 11.8 Å². The summed E-state index contributed by atoms with van der Waals surface area (Å²) in [5.74, 6) is -2.17. The number of benzene rings is 1. The summed E-state index contributed by atoms with van der Waals surface area (Å²) >= 11 is 0. The Morgan fingerprint density at radius 2 is 1.94 bits per heavy atom. The van der Waals surface area contributed by atoms with Gasteiger partial charge in [0.05, 0.1) is 18.2 Å². The Kier molecular flexibility index (Phi) is 6.72. The number of amides is 3. The lowest BCUT2D eigenvalue weighted by molar-refractivity contribution is -0.141. The van der Waals surface area contributed by atoms with Crippen molar-refractivity contribution >= 4 is 41.0 Å². The highest BCUT2D eigenvalue weighted by atomic mass is 19.1. The fourth-order valence-electron chi connectivity index (χ4n) is 3.42. The summed E-state index contributed by atoms with van der Waals surface area (Å²) in [6, 6.07) is 4.05. The minimum atomic E-state index is -0.566. The van der Waals surface area contributed by atoms with Crippen LogP contribution < -0.4 is 16.0 Å². The second-order valence-electron chi connectivity index (χ2n) is 7.22. The number of methoxy groups -OCH3 is 1. The van der Waals surface area contributed by atoms with Gasteiger partial charge in [-0.15, -0.1) is 0 Å². The van der Waals surface area contributed by atoms with E-state index >= 15 is 0 Å². The van der Waals surface area contributed by atoms with Crippen LogP contribution in [0.3, 0.4) is 0 Å². The summed E-state index contributed by atoms with van der Waals surface area (Å²) in [5.41, 5.74) is 3.39. The number of aromatic nitrogens is 1. The van der Waals surface area contributed by atoms with Gasteiger partial charge in [-0.1, -0.05) is 0 Å². The average Bonchev–Trinajstić information content (AvgIpc) is 3.21. The van der Waals surface area contributed by atoms with Crippen molar-refractivity contribution in [1.82, 2.24) is 15.6 Å². The van der Waals surface area contributed by atoms with Crippen LogP contribution in [0.5, 0.6) is 0 Å². The zero-order valence-electron chi connectivity index (χ0n) is 17.8. The lowest BCUT2D eigenvalue weighted by atomic mass is 10.0. The molecule has 0 aliphatic carbocycles. The van der Waals surface area contributed by atoms with Crippen LogP contribution in [0.4, 0.5) is 10.1 Å². The molecule has 0 spiro atoms. The van der Waals surface area contributed by atoms with Gasteiger partial charge in [0.1, 0.15) is 12.4 Å². The van der Waals surface area contributed by atoms with Gasteiger partial charge in [-0.25, -0.2) is 4.39 Å². The molecule has 0 bridgehead atoms. The quantitative estimate of drug-likeness (QED) is 0.383. The first-order valence-electron chi connectivity index (χ1n) is 9.85. The number of rotatable bonds is 7. The predicted molar refractivity (Wildman–Crippen MR) is 115 cm³/mol.